The lowest BCUT2D eigenvalue weighted by Gasteiger charge is -2.33. The predicted molar refractivity (Wildman–Crippen MR) is 78.7 cm³/mol. The van der Waals surface area contributed by atoms with Gasteiger partial charge in [0.05, 0.1) is 22.3 Å². The molecule has 1 aromatic carbocycles. The molecule has 6 nitrogen and oxygen atoms in total. The number of aliphatic hydroxyl groups is 1. The number of benzene rings is 1. The number of rotatable bonds is 3. The van der Waals surface area contributed by atoms with E-state index < -0.39 is 21.9 Å². The third kappa shape index (κ3) is 3.36. The Morgan fingerprint density at radius 3 is 2.57 bits per heavy atom. The molecule has 0 bridgehead atoms. The smallest absolute Gasteiger partial charge is 0.335 e. The van der Waals surface area contributed by atoms with Crippen LogP contribution in [0.2, 0.25) is 0 Å². The highest BCUT2D eigenvalue weighted by atomic mass is 32.2. The Morgan fingerprint density at radius 1 is 1.38 bits per heavy atom. The van der Waals surface area contributed by atoms with E-state index in [1.165, 1.54) is 6.07 Å². The zero-order valence-corrected chi connectivity index (χ0v) is 12.9. The number of aryl methyl sites for hydroxylation is 1. The second kappa shape index (κ2) is 5.65. The van der Waals surface area contributed by atoms with Crippen molar-refractivity contribution in [2.24, 2.45) is 0 Å². The average Bonchev–Trinajstić information content (AvgIpc) is 2.36. The van der Waals surface area contributed by atoms with Crippen molar-refractivity contribution in [1.29, 1.82) is 0 Å². The maximum atomic E-state index is 12.0. The summed E-state index contributed by atoms with van der Waals surface area (Å²) in [5, 5.41) is 18.9. The molecule has 1 unspecified atom stereocenters. The van der Waals surface area contributed by atoms with Gasteiger partial charge in [0.15, 0.2) is 9.84 Å². The summed E-state index contributed by atoms with van der Waals surface area (Å²) >= 11 is 0. The van der Waals surface area contributed by atoms with E-state index in [0.29, 0.717) is 30.8 Å². The van der Waals surface area contributed by atoms with Gasteiger partial charge in [0.1, 0.15) is 0 Å². The van der Waals surface area contributed by atoms with Crippen molar-refractivity contribution in [1.82, 2.24) is 0 Å². The predicted octanol–water partition coefficient (Wildman–Crippen LogP) is 1.06. The Kier molecular flexibility index (Phi) is 4.25. The molecule has 1 saturated heterocycles. The summed E-state index contributed by atoms with van der Waals surface area (Å²) < 4.78 is 24.0. The number of β-amino-alcohol motifs (C(OH)–C–C–N with tert-alkyl or cyclic N) is 1. The highest BCUT2D eigenvalue weighted by Crippen LogP contribution is 2.31. The van der Waals surface area contributed by atoms with Gasteiger partial charge in [0, 0.05) is 19.3 Å². The zero-order chi connectivity index (χ0) is 15.8. The van der Waals surface area contributed by atoms with Crippen LogP contribution in [0.15, 0.2) is 17.0 Å². The topological polar surface area (TPSA) is 94.9 Å². The van der Waals surface area contributed by atoms with Crippen LogP contribution in [0.25, 0.3) is 0 Å². The van der Waals surface area contributed by atoms with E-state index in [1.807, 2.05) is 4.90 Å². The number of carboxylic acid groups (broad SMARTS) is 1. The van der Waals surface area contributed by atoms with Crippen molar-refractivity contribution < 1.29 is 23.4 Å². The Labute approximate surface area is 123 Å². The minimum absolute atomic E-state index is 0.000370. The van der Waals surface area contributed by atoms with Crippen LogP contribution in [0.4, 0.5) is 5.69 Å². The molecule has 1 aliphatic rings. The van der Waals surface area contributed by atoms with Gasteiger partial charge in [0.2, 0.25) is 0 Å². The van der Waals surface area contributed by atoms with E-state index >= 15 is 0 Å². The van der Waals surface area contributed by atoms with Crippen molar-refractivity contribution in [3.63, 3.8) is 0 Å². The first-order chi connectivity index (χ1) is 9.70. The molecular formula is C14H19NO5S. The number of carboxylic acids is 1. The number of sulfone groups is 1. The largest absolute Gasteiger partial charge is 0.478 e. The van der Waals surface area contributed by atoms with Gasteiger partial charge in [-0.05, 0) is 37.5 Å². The molecule has 0 saturated carbocycles. The first-order valence-corrected chi connectivity index (χ1v) is 8.60. The number of carbonyl (C=O) groups is 1. The molecule has 0 amide bonds. The number of nitrogens with zero attached hydrogens (tertiary/aromatic N) is 1. The number of aliphatic hydroxyl groups excluding tert-OH is 1. The highest BCUT2D eigenvalue weighted by Gasteiger charge is 2.25. The third-order valence-electron chi connectivity index (χ3n) is 3.67. The molecule has 1 heterocycles. The maximum absolute atomic E-state index is 12.0. The van der Waals surface area contributed by atoms with Crippen LogP contribution in [0.3, 0.4) is 0 Å². The average molecular weight is 313 g/mol. The van der Waals surface area contributed by atoms with E-state index in [-0.39, 0.29) is 10.5 Å². The van der Waals surface area contributed by atoms with Crippen molar-refractivity contribution in [2.75, 3.05) is 24.2 Å². The van der Waals surface area contributed by atoms with Crippen LogP contribution >= 0.6 is 0 Å². The van der Waals surface area contributed by atoms with Gasteiger partial charge in [-0.25, -0.2) is 13.2 Å². The van der Waals surface area contributed by atoms with E-state index in [9.17, 15) is 18.3 Å². The Bertz CT molecular complexity index is 668. The molecule has 1 fully saturated rings. The SMILES string of the molecule is Cc1cc(N2CCCC(O)C2)c(S(C)(=O)=O)cc1C(=O)O. The van der Waals surface area contributed by atoms with Gasteiger partial charge in [0.25, 0.3) is 0 Å². The lowest BCUT2D eigenvalue weighted by molar-refractivity contribution is 0.0695. The number of hydrogen-bond acceptors (Lipinski definition) is 5. The molecular weight excluding hydrogens is 294 g/mol. The molecule has 0 aliphatic carbocycles. The van der Waals surface area contributed by atoms with Crippen LogP contribution < -0.4 is 4.90 Å². The standard InChI is InChI=1S/C14H19NO5S/c1-9-6-12(15-5-3-4-10(16)8-15)13(21(2,19)20)7-11(9)14(17)18/h6-7,10,16H,3-5,8H2,1-2H3,(H,17,18). The van der Waals surface area contributed by atoms with Gasteiger partial charge in [-0.15, -0.1) is 0 Å². The molecule has 1 atom stereocenters. The van der Waals surface area contributed by atoms with Gasteiger partial charge < -0.3 is 15.1 Å². The summed E-state index contributed by atoms with van der Waals surface area (Å²) in [5.74, 6) is -1.15. The van der Waals surface area contributed by atoms with E-state index in [0.717, 1.165) is 12.7 Å². The third-order valence-corrected chi connectivity index (χ3v) is 4.80. The lowest BCUT2D eigenvalue weighted by Crippen LogP contribution is -2.39. The second-order valence-corrected chi connectivity index (χ2v) is 7.44. The summed E-state index contributed by atoms with van der Waals surface area (Å²) in [6.07, 6.45) is 2.03. The Balaban J connectivity index is 2.59. The van der Waals surface area contributed by atoms with E-state index in [1.54, 1.807) is 13.0 Å². The zero-order valence-electron chi connectivity index (χ0n) is 12.0. The fourth-order valence-electron chi connectivity index (χ4n) is 2.62. The quantitative estimate of drug-likeness (QED) is 0.866. The monoisotopic (exact) mass is 313 g/mol. The van der Waals surface area contributed by atoms with Gasteiger partial charge in [-0.1, -0.05) is 0 Å². The van der Waals surface area contributed by atoms with Gasteiger partial charge >= 0.3 is 5.97 Å². The molecule has 116 valence electrons. The van der Waals surface area contributed by atoms with Crippen molar-refractivity contribution >= 4 is 21.5 Å². The number of anilines is 1. The molecule has 2 rings (SSSR count). The fourth-order valence-corrected chi connectivity index (χ4v) is 3.52. The van der Waals surface area contributed by atoms with Crippen LogP contribution in [-0.2, 0) is 9.84 Å². The molecule has 2 N–H and O–H groups in total. The summed E-state index contributed by atoms with van der Waals surface area (Å²) in [7, 11) is -3.56. The van der Waals surface area contributed by atoms with Gasteiger partial charge in [-0.3, -0.25) is 0 Å². The van der Waals surface area contributed by atoms with Crippen LogP contribution in [0.1, 0.15) is 28.8 Å². The van der Waals surface area contributed by atoms with Crippen LogP contribution in [-0.4, -0.2) is 50.0 Å². The molecule has 0 spiro atoms. The molecule has 0 radical (unpaired) electrons. The van der Waals surface area contributed by atoms with E-state index in [2.05, 4.69) is 0 Å². The molecule has 1 aromatic rings. The molecule has 21 heavy (non-hydrogen) atoms. The summed E-state index contributed by atoms with van der Waals surface area (Å²) in [5.41, 5.74) is 0.959. The minimum atomic E-state index is -3.56. The van der Waals surface area contributed by atoms with Gasteiger partial charge in [-0.2, -0.15) is 0 Å². The molecule has 7 heteroatoms. The van der Waals surface area contributed by atoms with Crippen molar-refractivity contribution in [3.05, 3.63) is 23.3 Å². The Hall–Kier alpha value is -1.60. The van der Waals surface area contributed by atoms with Crippen LogP contribution in [0, 0.1) is 6.92 Å². The summed E-state index contributed by atoms with van der Waals surface area (Å²) in [6, 6.07) is 2.79. The Morgan fingerprint density at radius 2 is 2.05 bits per heavy atom. The van der Waals surface area contributed by atoms with Crippen molar-refractivity contribution in [3.8, 4) is 0 Å². The first kappa shape index (κ1) is 15.8. The molecule has 1 aliphatic heterocycles. The number of piperidine rings is 1. The first-order valence-electron chi connectivity index (χ1n) is 6.71. The number of hydrogen-bond donors (Lipinski definition) is 2. The second-order valence-electron chi connectivity index (χ2n) is 5.45. The summed E-state index contributed by atoms with van der Waals surface area (Å²) in [6.45, 7) is 2.64. The molecule has 0 aromatic heterocycles. The van der Waals surface area contributed by atoms with Crippen LogP contribution in [0.5, 0.6) is 0 Å². The maximum Gasteiger partial charge on any atom is 0.335 e. The number of aromatic carboxylic acids is 1. The van der Waals surface area contributed by atoms with Crippen molar-refractivity contribution in [2.45, 2.75) is 30.8 Å². The normalized spacial score (nSPS) is 19.6. The summed E-state index contributed by atoms with van der Waals surface area (Å²) in [4.78, 5) is 13.0. The lowest BCUT2D eigenvalue weighted by atomic mass is 10.0. The van der Waals surface area contributed by atoms with E-state index in [4.69, 9.17) is 5.11 Å². The highest BCUT2D eigenvalue weighted by molar-refractivity contribution is 7.90. The fraction of sp³-hybridized carbons (Fsp3) is 0.500. The minimum Gasteiger partial charge on any atom is -0.478 e.